The molecule has 2 aromatic carbocycles. The van der Waals surface area contributed by atoms with Gasteiger partial charge in [0.25, 0.3) is 10.1 Å². The number of carbonyl (C=O) groups excluding carboxylic acids is 2. The Morgan fingerprint density at radius 3 is 2.16 bits per heavy atom. The number of aryl methyl sites for hydroxylation is 1. The number of amides is 2. The van der Waals surface area contributed by atoms with Crippen LogP contribution in [0, 0.1) is 30.3 Å². The van der Waals surface area contributed by atoms with Gasteiger partial charge in [-0.15, -0.1) is 0 Å². The fraction of sp³-hybridized carbons (Fsp3) is 0.462. The number of nitrogens with zero attached hydrogens (tertiary/aromatic N) is 1. The summed E-state index contributed by atoms with van der Waals surface area (Å²) in [5, 5.41) is 2.79. The summed E-state index contributed by atoms with van der Waals surface area (Å²) in [5.41, 5.74) is 7.16. The van der Waals surface area contributed by atoms with Crippen LogP contribution < -0.4 is 11.1 Å². The van der Waals surface area contributed by atoms with Crippen molar-refractivity contribution in [2.45, 2.75) is 62.4 Å². The third-order valence-electron chi connectivity index (χ3n) is 6.62. The first-order valence-corrected chi connectivity index (χ1v) is 13.8. The molecule has 1 saturated carbocycles. The molecule has 4 rings (SSSR count). The number of rotatable bonds is 7. The Morgan fingerprint density at radius 1 is 1.03 bits per heavy atom. The summed E-state index contributed by atoms with van der Waals surface area (Å²) in [6, 6.07) is 7.18. The average Bonchev–Trinajstić information content (AvgIpc) is 3.66. The summed E-state index contributed by atoms with van der Waals surface area (Å²) < 4.78 is 69.7. The number of benzene rings is 2. The van der Waals surface area contributed by atoms with E-state index in [4.69, 9.17) is 10.3 Å². The van der Waals surface area contributed by atoms with Crippen molar-refractivity contribution in [3.8, 4) is 0 Å². The van der Waals surface area contributed by atoms with Crippen LogP contribution in [0.1, 0.15) is 43.2 Å². The summed E-state index contributed by atoms with van der Waals surface area (Å²) >= 11 is 0. The first-order valence-electron chi connectivity index (χ1n) is 12.3. The quantitative estimate of drug-likeness (QED) is 0.274. The number of nitrogens with two attached hydrogens (primary N) is 1. The van der Waals surface area contributed by atoms with Gasteiger partial charge in [-0.1, -0.05) is 17.7 Å². The molecule has 1 saturated heterocycles. The lowest BCUT2D eigenvalue weighted by Gasteiger charge is -2.35. The van der Waals surface area contributed by atoms with Gasteiger partial charge in [-0.3, -0.25) is 14.1 Å². The highest BCUT2D eigenvalue weighted by molar-refractivity contribution is 7.85. The first kappa shape index (κ1) is 29.6. The van der Waals surface area contributed by atoms with Crippen LogP contribution in [0.4, 0.5) is 13.2 Å². The molecule has 2 aromatic rings. The molecule has 0 aromatic heterocycles. The van der Waals surface area contributed by atoms with Crippen molar-refractivity contribution in [1.29, 1.82) is 0 Å². The van der Waals surface area contributed by atoms with E-state index in [2.05, 4.69) is 5.32 Å². The van der Waals surface area contributed by atoms with Gasteiger partial charge in [0.2, 0.25) is 11.8 Å². The van der Waals surface area contributed by atoms with Gasteiger partial charge < -0.3 is 16.0 Å². The van der Waals surface area contributed by atoms with Crippen LogP contribution in [0.25, 0.3) is 0 Å². The SMILES string of the molecule is Cc1ccc(S(=O)(=O)O)cc1.N[C@H](Cc1cc(F)c(F)cc1F)C1CCN(C(=O)CC(=O)NC2CC2)CC1. The van der Waals surface area contributed by atoms with E-state index in [-0.39, 0.29) is 47.1 Å². The van der Waals surface area contributed by atoms with Crippen molar-refractivity contribution in [2.24, 2.45) is 11.7 Å². The van der Waals surface area contributed by atoms with E-state index >= 15 is 0 Å². The molecule has 0 unspecified atom stereocenters. The van der Waals surface area contributed by atoms with Crippen molar-refractivity contribution in [3.63, 3.8) is 0 Å². The van der Waals surface area contributed by atoms with Crippen LogP contribution in [0.5, 0.6) is 0 Å². The molecule has 4 N–H and O–H groups in total. The van der Waals surface area contributed by atoms with Crippen LogP contribution in [0.15, 0.2) is 41.3 Å². The van der Waals surface area contributed by atoms with Crippen molar-refractivity contribution < 1.29 is 35.7 Å². The summed E-state index contributed by atoms with van der Waals surface area (Å²) in [6.07, 6.45) is 3.16. The zero-order valence-electron chi connectivity index (χ0n) is 21.0. The molecule has 0 spiro atoms. The zero-order chi connectivity index (χ0) is 28.0. The molecule has 1 heterocycles. The molecule has 2 amide bonds. The minimum Gasteiger partial charge on any atom is -0.353 e. The third kappa shape index (κ3) is 8.81. The molecule has 1 atom stereocenters. The Hall–Kier alpha value is -2.96. The molecule has 2 aliphatic rings. The van der Waals surface area contributed by atoms with Gasteiger partial charge in [-0.05, 0) is 68.7 Å². The predicted molar refractivity (Wildman–Crippen MR) is 134 cm³/mol. The van der Waals surface area contributed by atoms with Crippen LogP contribution in [-0.2, 0) is 26.1 Å². The lowest BCUT2D eigenvalue weighted by atomic mass is 9.86. The largest absolute Gasteiger partial charge is 0.353 e. The number of nitrogens with one attached hydrogen (secondary N) is 1. The Balaban J connectivity index is 0.000000304. The maximum absolute atomic E-state index is 13.8. The van der Waals surface area contributed by atoms with Gasteiger partial charge in [-0.2, -0.15) is 8.42 Å². The number of carbonyl (C=O) groups is 2. The van der Waals surface area contributed by atoms with Crippen molar-refractivity contribution in [1.82, 2.24) is 10.2 Å². The lowest BCUT2D eigenvalue weighted by molar-refractivity contribution is -0.137. The highest BCUT2D eigenvalue weighted by Crippen LogP contribution is 2.24. The minimum absolute atomic E-state index is 0.0434. The van der Waals surface area contributed by atoms with E-state index < -0.39 is 33.6 Å². The smallest absolute Gasteiger partial charge is 0.294 e. The van der Waals surface area contributed by atoms with Crippen molar-refractivity contribution in [3.05, 3.63) is 65.0 Å². The van der Waals surface area contributed by atoms with Crippen LogP contribution in [0.3, 0.4) is 0 Å². The first-order chi connectivity index (χ1) is 17.8. The van der Waals surface area contributed by atoms with Gasteiger partial charge in [0, 0.05) is 31.2 Å². The molecule has 12 heteroatoms. The molecule has 8 nitrogen and oxygen atoms in total. The summed E-state index contributed by atoms with van der Waals surface area (Å²) in [6.45, 7) is 2.80. The van der Waals surface area contributed by atoms with E-state index in [1.807, 2.05) is 6.92 Å². The molecule has 2 fully saturated rings. The highest BCUT2D eigenvalue weighted by Gasteiger charge is 2.29. The Bertz CT molecular complexity index is 1250. The minimum atomic E-state index is -4.02. The maximum Gasteiger partial charge on any atom is 0.294 e. The molecule has 1 aliphatic heterocycles. The molecular weight excluding hydrogens is 523 g/mol. The number of hydrogen-bond acceptors (Lipinski definition) is 5. The van der Waals surface area contributed by atoms with Crippen LogP contribution in [0.2, 0.25) is 0 Å². The van der Waals surface area contributed by atoms with Gasteiger partial charge >= 0.3 is 0 Å². The summed E-state index contributed by atoms with van der Waals surface area (Å²) in [4.78, 5) is 25.5. The topological polar surface area (TPSA) is 130 Å². The van der Waals surface area contributed by atoms with Gasteiger partial charge in [0.1, 0.15) is 12.2 Å². The van der Waals surface area contributed by atoms with E-state index in [1.54, 1.807) is 17.0 Å². The van der Waals surface area contributed by atoms with E-state index in [1.165, 1.54) is 12.1 Å². The number of likely N-dealkylation sites (tertiary alicyclic amines) is 1. The monoisotopic (exact) mass is 555 g/mol. The standard InChI is InChI=1S/C19H24F3N3O2.C7H8O3S/c20-14-9-16(22)15(21)7-12(14)8-17(23)11-3-5-25(6-4-11)19(27)10-18(26)24-13-1-2-13;1-6-2-4-7(5-3-6)11(8,9)10/h7,9,11,13,17H,1-6,8,10,23H2,(H,24,26);2-5H,1H3,(H,8,9,10)/t17-;/m1./s1. The molecule has 38 heavy (non-hydrogen) atoms. The molecule has 0 bridgehead atoms. The summed E-state index contributed by atoms with van der Waals surface area (Å²) in [5.74, 6) is -3.52. The van der Waals surface area contributed by atoms with E-state index in [0.29, 0.717) is 32.0 Å². The van der Waals surface area contributed by atoms with E-state index in [0.717, 1.165) is 24.5 Å². The maximum atomic E-state index is 13.8. The fourth-order valence-corrected chi connectivity index (χ4v) is 4.66. The molecule has 0 radical (unpaired) electrons. The molecular formula is C26H32F3N3O5S. The normalized spacial score (nSPS) is 16.8. The fourth-order valence-electron chi connectivity index (χ4n) is 4.18. The number of piperidine rings is 1. The lowest BCUT2D eigenvalue weighted by Crippen LogP contribution is -2.45. The number of hydrogen-bond donors (Lipinski definition) is 3. The van der Waals surface area contributed by atoms with Gasteiger partial charge in [0.05, 0.1) is 4.90 Å². The van der Waals surface area contributed by atoms with Crippen LogP contribution >= 0.6 is 0 Å². The third-order valence-corrected chi connectivity index (χ3v) is 7.48. The Morgan fingerprint density at radius 2 is 1.61 bits per heavy atom. The number of halogens is 3. The molecule has 1 aliphatic carbocycles. The van der Waals surface area contributed by atoms with Gasteiger partial charge in [0.15, 0.2) is 11.6 Å². The molecule has 208 valence electrons. The predicted octanol–water partition coefficient (Wildman–Crippen LogP) is 3.12. The Kier molecular flexibility index (Phi) is 9.91. The van der Waals surface area contributed by atoms with Gasteiger partial charge in [-0.25, -0.2) is 13.2 Å². The van der Waals surface area contributed by atoms with Crippen molar-refractivity contribution in [2.75, 3.05) is 13.1 Å². The second kappa shape index (κ2) is 12.7. The second-order valence-corrected chi connectivity index (χ2v) is 11.2. The Labute approximate surface area is 220 Å². The zero-order valence-corrected chi connectivity index (χ0v) is 21.8. The highest BCUT2D eigenvalue weighted by atomic mass is 32.2. The van der Waals surface area contributed by atoms with Crippen LogP contribution in [-0.4, -0.2) is 54.9 Å². The second-order valence-electron chi connectivity index (χ2n) is 9.75. The van der Waals surface area contributed by atoms with Crippen molar-refractivity contribution >= 4 is 21.9 Å². The summed E-state index contributed by atoms with van der Waals surface area (Å²) in [7, 11) is -4.02. The average molecular weight is 556 g/mol. The van der Waals surface area contributed by atoms with E-state index in [9.17, 15) is 31.2 Å².